The summed E-state index contributed by atoms with van der Waals surface area (Å²) >= 11 is 0. The molecule has 2 aromatic carbocycles. The number of nitrogen functional groups attached to an aromatic ring is 1. The molecule has 1 aliphatic rings. The Bertz CT molecular complexity index is 991. The fraction of sp³-hybridized carbons (Fsp3) is 0.375. The number of ether oxygens (including phenoxy) is 1. The summed E-state index contributed by atoms with van der Waals surface area (Å²) in [6, 6.07) is 15.6. The Balaban J connectivity index is 1.73. The molecule has 0 spiro atoms. The topological polar surface area (TPSA) is 125 Å². The molecule has 2 aromatic rings. The third kappa shape index (κ3) is 5.30. The van der Waals surface area contributed by atoms with Crippen LogP contribution >= 0.6 is 0 Å². The van der Waals surface area contributed by atoms with Gasteiger partial charge in [-0.05, 0) is 49.4 Å². The van der Waals surface area contributed by atoms with E-state index in [0.717, 1.165) is 25.7 Å². The molecule has 0 bridgehead atoms. The van der Waals surface area contributed by atoms with Crippen molar-refractivity contribution in [1.29, 1.82) is 5.26 Å². The number of aliphatic imine (C=N–C) groups is 1. The van der Waals surface area contributed by atoms with E-state index < -0.39 is 0 Å². The second kappa shape index (κ2) is 10.5. The van der Waals surface area contributed by atoms with Crippen molar-refractivity contribution in [2.24, 2.45) is 4.99 Å². The van der Waals surface area contributed by atoms with Gasteiger partial charge in [-0.3, -0.25) is 4.79 Å². The Morgan fingerprint density at radius 1 is 1.25 bits per heavy atom. The molecule has 0 unspecified atom stereocenters. The van der Waals surface area contributed by atoms with Crippen molar-refractivity contribution in [3.05, 3.63) is 59.7 Å². The summed E-state index contributed by atoms with van der Waals surface area (Å²) in [5.74, 6) is 0.814. The summed E-state index contributed by atoms with van der Waals surface area (Å²) in [7, 11) is 3.27. The highest BCUT2D eigenvalue weighted by atomic mass is 16.5. The summed E-state index contributed by atoms with van der Waals surface area (Å²) in [5.41, 5.74) is 7.93. The molecule has 0 saturated heterocycles. The third-order valence-electron chi connectivity index (χ3n) is 6.15. The number of hydrogen-bond acceptors (Lipinski definition) is 5. The molecule has 0 heterocycles. The number of hydrogen-bond donors (Lipinski definition) is 4. The number of nitrogens with two attached hydrogens (primary N) is 1. The Labute approximate surface area is 188 Å². The lowest BCUT2D eigenvalue weighted by Gasteiger charge is -2.41. The first-order valence-electron chi connectivity index (χ1n) is 10.7. The summed E-state index contributed by atoms with van der Waals surface area (Å²) in [5, 5.41) is 18.2. The third-order valence-corrected chi connectivity index (χ3v) is 6.15. The van der Waals surface area contributed by atoms with Crippen LogP contribution in [0, 0.1) is 11.5 Å². The number of methoxy groups -OCH3 is 1. The molecule has 1 aliphatic carbocycles. The van der Waals surface area contributed by atoms with Crippen molar-refractivity contribution >= 4 is 17.6 Å². The second-order valence-electron chi connectivity index (χ2n) is 8.01. The molecule has 3 rings (SSSR count). The molecular formula is C24H30N6O2. The van der Waals surface area contributed by atoms with Crippen LogP contribution in [0.1, 0.15) is 41.6 Å². The summed E-state index contributed by atoms with van der Waals surface area (Å²) in [6.07, 6.45) is 5.38. The number of carbonyl (C=O) groups is 1. The molecule has 0 aliphatic heterocycles. The molecule has 168 valence electrons. The average molecular weight is 435 g/mol. The fourth-order valence-electron chi connectivity index (χ4n) is 4.28. The van der Waals surface area contributed by atoms with Gasteiger partial charge in [-0.1, -0.05) is 30.3 Å². The maximum absolute atomic E-state index is 12.9. The number of nitriles is 1. The monoisotopic (exact) mass is 434 g/mol. The highest BCUT2D eigenvalue weighted by Crippen LogP contribution is 2.39. The molecule has 0 radical (unpaired) electrons. The summed E-state index contributed by atoms with van der Waals surface area (Å²) < 4.78 is 5.24. The first kappa shape index (κ1) is 22.9. The van der Waals surface area contributed by atoms with Gasteiger partial charge in [-0.2, -0.15) is 5.26 Å². The molecule has 0 aromatic heterocycles. The van der Waals surface area contributed by atoms with Crippen molar-refractivity contribution in [2.45, 2.75) is 37.1 Å². The van der Waals surface area contributed by atoms with E-state index in [2.05, 4.69) is 33.1 Å². The van der Waals surface area contributed by atoms with Gasteiger partial charge in [-0.25, -0.2) is 0 Å². The first-order chi connectivity index (χ1) is 15.5. The normalized spacial score (nSPS) is 20.7. The number of nitrogens with zero attached hydrogens (tertiary/aromatic N) is 2. The number of anilines is 1. The number of benzene rings is 2. The van der Waals surface area contributed by atoms with E-state index in [1.165, 1.54) is 12.7 Å². The van der Waals surface area contributed by atoms with Crippen LogP contribution in [0.3, 0.4) is 0 Å². The van der Waals surface area contributed by atoms with Crippen LogP contribution in [0.4, 0.5) is 5.69 Å². The highest BCUT2D eigenvalue weighted by molar-refractivity contribution is 5.95. The largest absolute Gasteiger partial charge is 0.495 e. The van der Waals surface area contributed by atoms with Gasteiger partial charge in [0.05, 0.1) is 12.8 Å². The van der Waals surface area contributed by atoms with Gasteiger partial charge in [0.15, 0.2) is 0 Å². The SMILES string of the molecule is CN/C(=N\C#N)N[C@H]1CC[C@](CNC(=O)c2ccc(N)c(OC)c2)(c2ccccc2)CC1. The minimum Gasteiger partial charge on any atom is -0.495 e. The van der Waals surface area contributed by atoms with Gasteiger partial charge < -0.3 is 26.4 Å². The molecule has 1 saturated carbocycles. The van der Waals surface area contributed by atoms with Crippen LogP contribution in [-0.2, 0) is 5.41 Å². The molecule has 5 N–H and O–H groups in total. The second-order valence-corrected chi connectivity index (χ2v) is 8.01. The maximum Gasteiger partial charge on any atom is 0.251 e. The molecule has 1 fully saturated rings. The van der Waals surface area contributed by atoms with Gasteiger partial charge in [0.2, 0.25) is 12.2 Å². The van der Waals surface area contributed by atoms with Crippen molar-refractivity contribution in [3.63, 3.8) is 0 Å². The van der Waals surface area contributed by atoms with Crippen molar-refractivity contribution in [3.8, 4) is 11.9 Å². The quantitative estimate of drug-likeness (QED) is 0.240. The van der Waals surface area contributed by atoms with Crippen LogP contribution in [0.25, 0.3) is 0 Å². The Kier molecular flexibility index (Phi) is 7.55. The van der Waals surface area contributed by atoms with Crippen molar-refractivity contribution in [1.82, 2.24) is 16.0 Å². The van der Waals surface area contributed by atoms with Gasteiger partial charge in [0.1, 0.15) is 5.75 Å². The van der Waals surface area contributed by atoms with Crippen molar-refractivity contribution < 1.29 is 9.53 Å². The number of nitrogens with one attached hydrogen (secondary N) is 3. The summed E-state index contributed by atoms with van der Waals surface area (Å²) in [4.78, 5) is 16.7. The molecular weight excluding hydrogens is 404 g/mol. The van der Waals surface area contributed by atoms with Crippen LogP contribution < -0.4 is 26.4 Å². The molecule has 32 heavy (non-hydrogen) atoms. The van der Waals surface area contributed by atoms with Gasteiger partial charge in [-0.15, -0.1) is 4.99 Å². The Morgan fingerprint density at radius 3 is 2.59 bits per heavy atom. The van der Waals surface area contributed by atoms with Crippen LogP contribution in [0.2, 0.25) is 0 Å². The maximum atomic E-state index is 12.9. The zero-order valence-corrected chi connectivity index (χ0v) is 18.5. The standard InChI is InChI=1S/C24H30N6O2/c1-27-23(29-16-25)30-19-10-12-24(13-11-19,18-6-4-3-5-7-18)15-28-22(31)17-8-9-20(26)21(14-17)32-2/h3-9,14,19H,10-13,15,26H2,1-2H3,(H,28,31)(H2,27,29,30)/t19-,24-. The van der Waals surface area contributed by atoms with Crippen LogP contribution in [0.5, 0.6) is 5.75 Å². The smallest absolute Gasteiger partial charge is 0.251 e. The van der Waals surface area contributed by atoms with E-state index in [0.29, 0.717) is 29.5 Å². The van der Waals surface area contributed by atoms with E-state index in [1.54, 1.807) is 25.2 Å². The Morgan fingerprint density at radius 2 is 1.97 bits per heavy atom. The first-order valence-corrected chi connectivity index (χ1v) is 10.7. The molecule has 0 atom stereocenters. The van der Waals surface area contributed by atoms with E-state index in [4.69, 9.17) is 15.7 Å². The lowest BCUT2D eigenvalue weighted by Crippen LogP contribution is -2.49. The predicted octanol–water partition coefficient (Wildman–Crippen LogP) is 2.53. The van der Waals surface area contributed by atoms with E-state index in [-0.39, 0.29) is 17.4 Å². The number of rotatable bonds is 6. The number of guanidine groups is 1. The zero-order chi connectivity index (χ0) is 23.0. The lowest BCUT2D eigenvalue weighted by atomic mass is 9.68. The van der Waals surface area contributed by atoms with E-state index >= 15 is 0 Å². The molecule has 8 nitrogen and oxygen atoms in total. The van der Waals surface area contributed by atoms with E-state index in [1.807, 2.05) is 24.4 Å². The fourth-order valence-corrected chi connectivity index (χ4v) is 4.28. The van der Waals surface area contributed by atoms with Gasteiger partial charge in [0.25, 0.3) is 5.91 Å². The zero-order valence-electron chi connectivity index (χ0n) is 18.5. The molecule has 8 heteroatoms. The summed E-state index contributed by atoms with van der Waals surface area (Å²) in [6.45, 7) is 0.528. The van der Waals surface area contributed by atoms with Gasteiger partial charge >= 0.3 is 0 Å². The Hall–Kier alpha value is -3.73. The number of carbonyl (C=O) groups excluding carboxylic acids is 1. The van der Waals surface area contributed by atoms with Crippen LogP contribution in [0.15, 0.2) is 53.5 Å². The average Bonchev–Trinajstić information content (AvgIpc) is 2.84. The van der Waals surface area contributed by atoms with Crippen LogP contribution in [-0.4, -0.2) is 38.6 Å². The number of amides is 1. The van der Waals surface area contributed by atoms with Gasteiger partial charge in [0, 0.05) is 30.6 Å². The lowest BCUT2D eigenvalue weighted by molar-refractivity contribution is 0.0934. The minimum atomic E-state index is -0.167. The predicted molar refractivity (Wildman–Crippen MR) is 125 cm³/mol. The molecule has 1 amide bonds. The van der Waals surface area contributed by atoms with Crippen molar-refractivity contribution in [2.75, 3.05) is 26.4 Å². The minimum absolute atomic E-state index is 0.155. The highest BCUT2D eigenvalue weighted by Gasteiger charge is 2.37. The van der Waals surface area contributed by atoms with E-state index in [9.17, 15) is 4.79 Å².